The largest absolute Gasteiger partial charge is 0.352 e. The zero-order valence-electron chi connectivity index (χ0n) is 15.5. The van der Waals surface area contributed by atoms with Gasteiger partial charge in [0.25, 0.3) is 0 Å². The first kappa shape index (κ1) is 19.8. The van der Waals surface area contributed by atoms with Crippen LogP contribution in [0.3, 0.4) is 0 Å². The Hall–Kier alpha value is -1.56. The molecule has 5 nitrogen and oxygen atoms in total. The highest BCUT2D eigenvalue weighted by molar-refractivity contribution is 7.92. The van der Waals surface area contributed by atoms with Gasteiger partial charge in [0.2, 0.25) is 15.9 Å². The lowest BCUT2D eigenvalue weighted by Gasteiger charge is -2.26. The number of sulfonamides is 1. The van der Waals surface area contributed by atoms with Gasteiger partial charge in [0.1, 0.15) is 6.54 Å². The minimum atomic E-state index is -3.53. The Morgan fingerprint density at radius 2 is 1.72 bits per heavy atom. The number of hydrogen-bond donors (Lipinski definition) is 1. The number of anilines is 1. The molecule has 25 heavy (non-hydrogen) atoms. The van der Waals surface area contributed by atoms with Gasteiger partial charge in [-0.25, -0.2) is 8.42 Å². The third-order valence-electron chi connectivity index (χ3n) is 4.78. The lowest BCUT2D eigenvalue weighted by Crippen LogP contribution is -2.44. The van der Waals surface area contributed by atoms with Crippen molar-refractivity contribution >= 4 is 21.6 Å². The SMILES string of the molecule is Cc1ccc(N(CC(=O)NC2CCCCCCC2)S(C)(=O)=O)c(C)c1. The van der Waals surface area contributed by atoms with Crippen molar-refractivity contribution < 1.29 is 13.2 Å². The van der Waals surface area contributed by atoms with Crippen molar-refractivity contribution in [1.29, 1.82) is 0 Å². The highest BCUT2D eigenvalue weighted by Gasteiger charge is 2.23. The number of nitrogens with one attached hydrogen (secondary N) is 1. The number of nitrogens with zero attached hydrogens (tertiary/aromatic N) is 1. The topological polar surface area (TPSA) is 66.5 Å². The Morgan fingerprint density at radius 1 is 1.12 bits per heavy atom. The van der Waals surface area contributed by atoms with Crippen LogP contribution in [0.25, 0.3) is 0 Å². The minimum Gasteiger partial charge on any atom is -0.352 e. The third kappa shape index (κ3) is 6.03. The van der Waals surface area contributed by atoms with Gasteiger partial charge in [-0.3, -0.25) is 9.10 Å². The lowest BCUT2D eigenvalue weighted by molar-refractivity contribution is -0.120. The average molecular weight is 367 g/mol. The van der Waals surface area contributed by atoms with E-state index in [1.807, 2.05) is 26.0 Å². The average Bonchev–Trinajstić information content (AvgIpc) is 2.47. The minimum absolute atomic E-state index is 0.160. The molecule has 1 aliphatic rings. The second-order valence-electron chi connectivity index (χ2n) is 7.17. The molecule has 0 unspecified atom stereocenters. The van der Waals surface area contributed by atoms with Gasteiger partial charge in [-0.05, 0) is 38.3 Å². The maximum absolute atomic E-state index is 12.5. The lowest BCUT2D eigenvalue weighted by atomic mass is 9.97. The molecule has 0 saturated heterocycles. The van der Waals surface area contributed by atoms with Gasteiger partial charge < -0.3 is 5.32 Å². The van der Waals surface area contributed by atoms with Crippen LogP contribution in [0.15, 0.2) is 18.2 Å². The standard InChI is InChI=1S/C19H30N2O3S/c1-15-11-12-18(16(2)13-15)21(25(3,23)24)14-19(22)20-17-9-7-5-4-6-8-10-17/h11-13,17H,4-10,14H2,1-3H3,(H,20,22). The molecule has 0 spiro atoms. The molecule has 0 radical (unpaired) electrons. The summed E-state index contributed by atoms with van der Waals surface area (Å²) in [6.45, 7) is 3.66. The van der Waals surface area contributed by atoms with Gasteiger partial charge in [0, 0.05) is 6.04 Å². The fraction of sp³-hybridized carbons (Fsp3) is 0.632. The Kier molecular flexibility index (Phi) is 6.87. The predicted molar refractivity (Wildman–Crippen MR) is 102 cm³/mol. The molecule has 1 aliphatic carbocycles. The van der Waals surface area contributed by atoms with E-state index in [-0.39, 0.29) is 18.5 Å². The van der Waals surface area contributed by atoms with Crippen LogP contribution in [0.4, 0.5) is 5.69 Å². The number of amides is 1. The first-order valence-corrected chi connectivity index (χ1v) is 11.0. The summed E-state index contributed by atoms with van der Waals surface area (Å²) >= 11 is 0. The predicted octanol–water partition coefficient (Wildman–Crippen LogP) is 3.30. The number of benzene rings is 1. The van der Waals surface area contributed by atoms with Crippen molar-refractivity contribution in [2.45, 2.75) is 64.8 Å². The van der Waals surface area contributed by atoms with Gasteiger partial charge in [-0.2, -0.15) is 0 Å². The summed E-state index contributed by atoms with van der Waals surface area (Å²) in [4.78, 5) is 12.5. The van der Waals surface area contributed by atoms with E-state index in [1.165, 1.54) is 23.6 Å². The van der Waals surface area contributed by atoms with Crippen LogP contribution in [0.2, 0.25) is 0 Å². The van der Waals surface area contributed by atoms with E-state index in [0.29, 0.717) is 5.69 Å². The molecule has 0 atom stereocenters. The number of rotatable bonds is 5. The van der Waals surface area contributed by atoms with Crippen molar-refractivity contribution in [3.63, 3.8) is 0 Å². The molecular formula is C19H30N2O3S. The van der Waals surface area contributed by atoms with Crippen molar-refractivity contribution in [3.8, 4) is 0 Å². The molecule has 1 N–H and O–H groups in total. The maximum Gasteiger partial charge on any atom is 0.240 e. The van der Waals surface area contributed by atoms with E-state index in [0.717, 1.165) is 43.1 Å². The summed E-state index contributed by atoms with van der Waals surface area (Å²) in [5.41, 5.74) is 2.48. The van der Waals surface area contributed by atoms with Crippen molar-refractivity contribution in [3.05, 3.63) is 29.3 Å². The Balaban J connectivity index is 2.10. The molecule has 0 aliphatic heterocycles. The summed E-state index contributed by atoms with van der Waals surface area (Å²) in [5.74, 6) is -0.226. The molecule has 0 aromatic heterocycles. The zero-order valence-corrected chi connectivity index (χ0v) is 16.4. The van der Waals surface area contributed by atoms with Crippen LogP contribution < -0.4 is 9.62 Å². The van der Waals surface area contributed by atoms with E-state index in [1.54, 1.807) is 6.07 Å². The third-order valence-corrected chi connectivity index (χ3v) is 5.91. The normalized spacial score (nSPS) is 16.8. The van der Waals surface area contributed by atoms with Crippen molar-refractivity contribution in [2.75, 3.05) is 17.1 Å². The smallest absolute Gasteiger partial charge is 0.240 e. The zero-order chi connectivity index (χ0) is 18.4. The Labute approximate surface area is 151 Å². The van der Waals surface area contributed by atoms with Crippen LogP contribution in [0.5, 0.6) is 0 Å². The molecule has 140 valence electrons. The van der Waals surface area contributed by atoms with Crippen molar-refractivity contribution in [2.24, 2.45) is 0 Å². The Morgan fingerprint density at radius 3 is 2.28 bits per heavy atom. The summed E-state index contributed by atoms with van der Waals surface area (Å²) in [6.07, 6.45) is 9.05. The molecule has 1 amide bonds. The van der Waals surface area contributed by atoms with Gasteiger partial charge >= 0.3 is 0 Å². The number of aryl methyl sites for hydroxylation is 2. The highest BCUT2D eigenvalue weighted by atomic mass is 32.2. The fourth-order valence-electron chi connectivity index (χ4n) is 3.47. The van der Waals surface area contributed by atoms with Gasteiger partial charge in [-0.15, -0.1) is 0 Å². The van der Waals surface area contributed by atoms with Crippen LogP contribution in [0, 0.1) is 13.8 Å². The summed E-state index contributed by atoms with van der Waals surface area (Å²) in [6, 6.07) is 5.73. The quantitative estimate of drug-likeness (QED) is 0.869. The van der Waals surface area contributed by atoms with Gasteiger partial charge in [0.15, 0.2) is 0 Å². The molecule has 0 bridgehead atoms. The van der Waals surface area contributed by atoms with E-state index in [4.69, 9.17) is 0 Å². The number of hydrogen-bond acceptors (Lipinski definition) is 3. The summed E-state index contributed by atoms with van der Waals surface area (Å²) in [5, 5.41) is 3.04. The van der Waals surface area contributed by atoms with E-state index < -0.39 is 10.0 Å². The van der Waals surface area contributed by atoms with Crippen LogP contribution in [0.1, 0.15) is 56.1 Å². The molecule has 1 aromatic carbocycles. The maximum atomic E-state index is 12.5. The van der Waals surface area contributed by atoms with Gasteiger partial charge in [-0.1, -0.05) is 49.8 Å². The first-order valence-electron chi connectivity index (χ1n) is 9.11. The summed E-state index contributed by atoms with van der Waals surface area (Å²) < 4.78 is 25.7. The molecule has 1 aromatic rings. The molecule has 1 saturated carbocycles. The van der Waals surface area contributed by atoms with Crippen LogP contribution >= 0.6 is 0 Å². The van der Waals surface area contributed by atoms with E-state index in [2.05, 4.69) is 5.32 Å². The summed E-state index contributed by atoms with van der Waals surface area (Å²) in [7, 11) is -3.53. The number of carbonyl (C=O) groups is 1. The molecule has 6 heteroatoms. The van der Waals surface area contributed by atoms with Crippen LogP contribution in [-0.2, 0) is 14.8 Å². The van der Waals surface area contributed by atoms with Crippen molar-refractivity contribution in [1.82, 2.24) is 5.32 Å². The molecule has 2 rings (SSSR count). The van der Waals surface area contributed by atoms with Crippen LogP contribution in [-0.4, -0.2) is 33.2 Å². The van der Waals surface area contributed by atoms with E-state index >= 15 is 0 Å². The van der Waals surface area contributed by atoms with E-state index in [9.17, 15) is 13.2 Å². The monoisotopic (exact) mass is 366 g/mol. The fourth-order valence-corrected chi connectivity index (χ4v) is 4.38. The second kappa shape index (κ2) is 8.70. The van der Waals surface area contributed by atoms with Gasteiger partial charge in [0.05, 0.1) is 11.9 Å². The first-order chi connectivity index (χ1) is 11.8. The Bertz CT molecular complexity index is 693. The highest BCUT2D eigenvalue weighted by Crippen LogP contribution is 2.23. The molecule has 1 fully saturated rings. The molecule has 0 heterocycles. The molecular weight excluding hydrogens is 336 g/mol. The second-order valence-corrected chi connectivity index (χ2v) is 9.08. The number of carbonyl (C=O) groups excluding carboxylic acids is 1.